The summed E-state index contributed by atoms with van der Waals surface area (Å²) in [7, 11) is 0. The zero-order valence-corrected chi connectivity index (χ0v) is 18.4. The average Bonchev–Trinajstić information content (AvgIpc) is 2.64. The summed E-state index contributed by atoms with van der Waals surface area (Å²) in [6.07, 6.45) is 1.71. The molecule has 0 aliphatic carbocycles. The molecule has 0 heterocycles. The molecule has 0 amide bonds. The summed E-state index contributed by atoms with van der Waals surface area (Å²) >= 11 is 0. The van der Waals surface area contributed by atoms with Gasteiger partial charge in [0.1, 0.15) is 25.0 Å². The Hall–Kier alpha value is -1.06. The van der Waals surface area contributed by atoms with Crippen LogP contribution in [0.3, 0.4) is 0 Å². The van der Waals surface area contributed by atoms with Gasteiger partial charge in [0.25, 0.3) is 0 Å². The number of rotatable bonds is 11. The van der Waals surface area contributed by atoms with E-state index in [4.69, 9.17) is 4.74 Å². The predicted molar refractivity (Wildman–Crippen MR) is 111 cm³/mol. The molecule has 0 saturated heterocycles. The minimum Gasteiger partial charge on any atom is -0.490 e. The van der Waals surface area contributed by atoms with E-state index in [9.17, 15) is 5.11 Å². The second kappa shape index (κ2) is 9.75. The van der Waals surface area contributed by atoms with Crippen molar-refractivity contribution < 1.29 is 14.7 Å². The molecule has 0 saturated carbocycles. The molecule has 1 aromatic carbocycles. The van der Waals surface area contributed by atoms with Crippen molar-refractivity contribution in [3.05, 3.63) is 29.3 Å². The molecule has 0 spiro atoms. The third kappa shape index (κ3) is 5.99. The molecule has 3 nitrogen and oxygen atoms in total. The molecule has 150 valence electrons. The van der Waals surface area contributed by atoms with Crippen LogP contribution < -0.4 is 9.64 Å². The van der Waals surface area contributed by atoms with E-state index in [2.05, 4.69) is 73.6 Å². The number of hydrogen-bond acceptors (Lipinski definition) is 2. The first-order valence-corrected chi connectivity index (χ1v) is 10.4. The van der Waals surface area contributed by atoms with E-state index in [1.165, 1.54) is 16.0 Å². The molecule has 1 atom stereocenters. The smallest absolute Gasteiger partial charge is 0.137 e. The second-order valence-corrected chi connectivity index (χ2v) is 8.81. The standard InChI is InChI=1S/C23H41NO2/c1-9-22(5,6)18-13-14-21(20(15-18)23(7,8)10-2)26-17-19(25)16-24(11-3)12-4/h13-15,19,25H,9-12,16-17H2,1-8H3/p+1/t19-/m1/s1. The molecular formula is C23H42NO2+. The SMILES string of the molecule is CC[NH+](CC)C[C@@H](O)COc1ccc(C(C)(C)CC)cc1C(C)(C)CC. The Morgan fingerprint density at radius 2 is 1.54 bits per heavy atom. The number of hydrogen-bond donors (Lipinski definition) is 2. The molecule has 1 rings (SSSR count). The van der Waals surface area contributed by atoms with E-state index in [1.807, 2.05) is 0 Å². The van der Waals surface area contributed by atoms with Crippen molar-refractivity contribution in [1.82, 2.24) is 0 Å². The van der Waals surface area contributed by atoms with E-state index in [1.54, 1.807) is 0 Å². The highest BCUT2D eigenvalue weighted by atomic mass is 16.5. The van der Waals surface area contributed by atoms with Crippen LogP contribution in [0.2, 0.25) is 0 Å². The van der Waals surface area contributed by atoms with Gasteiger partial charge in [-0.2, -0.15) is 0 Å². The number of aliphatic hydroxyl groups excluding tert-OH is 1. The summed E-state index contributed by atoms with van der Waals surface area (Å²) in [4.78, 5) is 1.40. The first-order chi connectivity index (χ1) is 12.1. The van der Waals surface area contributed by atoms with Crippen LogP contribution in [0.15, 0.2) is 18.2 Å². The van der Waals surface area contributed by atoms with E-state index < -0.39 is 6.10 Å². The average molecular weight is 365 g/mol. The zero-order valence-electron chi connectivity index (χ0n) is 18.4. The number of benzene rings is 1. The Bertz CT molecular complexity index is 547. The highest BCUT2D eigenvalue weighted by molar-refractivity contribution is 5.44. The number of ether oxygens (including phenoxy) is 1. The lowest BCUT2D eigenvalue weighted by atomic mass is 9.76. The van der Waals surface area contributed by atoms with Crippen molar-refractivity contribution >= 4 is 0 Å². The Balaban J connectivity index is 3.03. The maximum Gasteiger partial charge on any atom is 0.137 e. The molecule has 0 aliphatic rings. The highest BCUT2D eigenvalue weighted by Gasteiger charge is 2.27. The summed E-state index contributed by atoms with van der Waals surface area (Å²) in [6.45, 7) is 21.1. The normalized spacial score (nSPS) is 13.9. The fourth-order valence-corrected chi connectivity index (χ4v) is 3.12. The van der Waals surface area contributed by atoms with Gasteiger partial charge < -0.3 is 14.7 Å². The van der Waals surface area contributed by atoms with Gasteiger partial charge in [0.05, 0.1) is 13.1 Å². The number of quaternary nitrogens is 1. The van der Waals surface area contributed by atoms with Crippen molar-refractivity contribution in [3.8, 4) is 5.75 Å². The maximum atomic E-state index is 10.4. The topological polar surface area (TPSA) is 33.9 Å². The van der Waals surface area contributed by atoms with Crippen molar-refractivity contribution in [2.24, 2.45) is 0 Å². The summed E-state index contributed by atoms with van der Waals surface area (Å²) in [5.41, 5.74) is 2.81. The van der Waals surface area contributed by atoms with E-state index in [0.717, 1.165) is 38.2 Å². The minimum absolute atomic E-state index is 0.0459. The van der Waals surface area contributed by atoms with E-state index in [0.29, 0.717) is 6.61 Å². The Labute approximate surface area is 161 Å². The van der Waals surface area contributed by atoms with Gasteiger partial charge in [0, 0.05) is 5.56 Å². The predicted octanol–water partition coefficient (Wildman–Crippen LogP) is 3.73. The molecule has 0 unspecified atom stereocenters. The Morgan fingerprint density at radius 3 is 2.04 bits per heavy atom. The molecule has 26 heavy (non-hydrogen) atoms. The third-order valence-corrected chi connectivity index (χ3v) is 6.21. The molecule has 2 N–H and O–H groups in total. The second-order valence-electron chi connectivity index (χ2n) is 8.81. The van der Waals surface area contributed by atoms with Crippen molar-refractivity contribution in [2.45, 2.75) is 85.2 Å². The first kappa shape index (κ1) is 23.0. The van der Waals surface area contributed by atoms with Crippen molar-refractivity contribution in [1.29, 1.82) is 0 Å². The lowest BCUT2D eigenvalue weighted by Crippen LogP contribution is -3.12. The molecular weight excluding hydrogens is 322 g/mol. The van der Waals surface area contributed by atoms with Crippen LogP contribution in [-0.4, -0.2) is 37.5 Å². The van der Waals surface area contributed by atoms with Gasteiger partial charge in [0.2, 0.25) is 0 Å². The fraction of sp³-hybridized carbons (Fsp3) is 0.739. The van der Waals surface area contributed by atoms with Crippen LogP contribution >= 0.6 is 0 Å². The molecule has 0 radical (unpaired) electrons. The number of likely N-dealkylation sites (N-methyl/N-ethyl adjacent to an activating group) is 1. The summed E-state index contributed by atoms with van der Waals surface area (Å²) in [5.74, 6) is 0.918. The maximum absolute atomic E-state index is 10.4. The molecule has 3 heteroatoms. The number of aliphatic hydroxyl groups is 1. The third-order valence-electron chi connectivity index (χ3n) is 6.21. The molecule has 1 aromatic rings. The minimum atomic E-state index is -0.436. The van der Waals surface area contributed by atoms with Gasteiger partial charge >= 0.3 is 0 Å². The molecule has 0 aliphatic heterocycles. The van der Waals surface area contributed by atoms with Gasteiger partial charge in [-0.25, -0.2) is 0 Å². The summed E-state index contributed by atoms with van der Waals surface area (Å²) < 4.78 is 6.11. The lowest BCUT2D eigenvalue weighted by Gasteiger charge is -2.30. The van der Waals surface area contributed by atoms with Crippen LogP contribution in [-0.2, 0) is 10.8 Å². The van der Waals surface area contributed by atoms with Gasteiger partial charge in [-0.1, -0.05) is 53.7 Å². The zero-order chi connectivity index (χ0) is 20.0. The highest BCUT2D eigenvalue weighted by Crippen LogP contribution is 2.38. The molecule has 0 bridgehead atoms. The summed E-state index contributed by atoms with van der Waals surface area (Å²) in [5, 5.41) is 10.4. The van der Waals surface area contributed by atoms with Crippen LogP contribution in [0, 0.1) is 0 Å². The lowest BCUT2D eigenvalue weighted by molar-refractivity contribution is -0.899. The van der Waals surface area contributed by atoms with Gasteiger partial charge in [-0.05, 0) is 49.1 Å². The Kier molecular flexibility index (Phi) is 8.62. The van der Waals surface area contributed by atoms with Crippen molar-refractivity contribution in [2.75, 3.05) is 26.2 Å². The van der Waals surface area contributed by atoms with Gasteiger partial charge in [0.15, 0.2) is 0 Å². The Morgan fingerprint density at radius 1 is 0.962 bits per heavy atom. The largest absolute Gasteiger partial charge is 0.490 e. The van der Waals surface area contributed by atoms with Gasteiger partial charge in [-0.15, -0.1) is 0 Å². The van der Waals surface area contributed by atoms with Crippen LogP contribution in [0.1, 0.15) is 79.4 Å². The monoisotopic (exact) mass is 364 g/mol. The molecule has 0 aromatic heterocycles. The van der Waals surface area contributed by atoms with Crippen LogP contribution in [0.5, 0.6) is 5.75 Å². The quantitative estimate of drug-likeness (QED) is 0.627. The van der Waals surface area contributed by atoms with Crippen LogP contribution in [0.4, 0.5) is 0 Å². The fourth-order valence-electron chi connectivity index (χ4n) is 3.12. The molecule has 0 fully saturated rings. The number of nitrogens with one attached hydrogen (secondary N) is 1. The first-order valence-electron chi connectivity index (χ1n) is 10.4. The van der Waals surface area contributed by atoms with Gasteiger partial charge in [-0.3, -0.25) is 0 Å². The van der Waals surface area contributed by atoms with E-state index in [-0.39, 0.29) is 10.8 Å². The van der Waals surface area contributed by atoms with E-state index >= 15 is 0 Å². The van der Waals surface area contributed by atoms with Crippen molar-refractivity contribution in [3.63, 3.8) is 0 Å². The summed E-state index contributed by atoms with van der Waals surface area (Å²) in [6, 6.07) is 6.62. The van der Waals surface area contributed by atoms with Crippen LogP contribution in [0.25, 0.3) is 0 Å².